The summed E-state index contributed by atoms with van der Waals surface area (Å²) in [6, 6.07) is 6.37. The number of aromatic amines is 1. The average molecular weight is 251 g/mol. The molecule has 0 atom stereocenters. The van der Waals surface area contributed by atoms with Crippen LogP contribution in [0.1, 0.15) is 0 Å². The lowest BCUT2D eigenvalue weighted by molar-refractivity contribution is -0.113. The number of H-pyrrole nitrogens is 1. The minimum absolute atomic E-state index is 0.159. The molecule has 0 saturated carbocycles. The van der Waals surface area contributed by atoms with Crippen LogP contribution in [0.5, 0.6) is 0 Å². The van der Waals surface area contributed by atoms with Crippen LogP contribution in [0, 0.1) is 5.82 Å². The van der Waals surface area contributed by atoms with Crippen molar-refractivity contribution < 1.29 is 9.18 Å². The smallest absolute Gasteiger partial charge is 0.234 e. The Hall–Kier alpha value is -1.82. The number of carbonyl (C=O) groups excluding carboxylic acids is 1. The van der Waals surface area contributed by atoms with E-state index in [9.17, 15) is 9.18 Å². The maximum absolute atomic E-state index is 13.2. The van der Waals surface area contributed by atoms with E-state index in [0.29, 0.717) is 10.6 Å². The number of thioether (sulfide) groups is 1. The monoisotopic (exact) mass is 251 g/mol. The number of hydrogen-bond donors (Lipinski definition) is 2. The van der Waals surface area contributed by atoms with Crippen LogP contribution in [0.2, 0.25) is 0 Å². The third-order valence-electron chi connectivity index (χ3n) is 1.98. The third kappa shape index (κ3) is 3.32. The highest BCUT2D eigenvalue weighted by Gasteiger charge is 2.06. The van der Waals surface area contributed by atoms with Crippen LogP contribution >= 0.6 is 11.8 Å². The summed E-state index contributed by atoms with van der Waals surface area (Å²) in [7, 11) is 0. The molecule has 1 heterocycles. The Balaban J connectivity index is 1.86. The van der Waals surface area contributed by atoms with E-state index in [1.165, 1.54) is 12.3 Å². The highest BCUT2D eigenvalue weighted by Crippen LogP contribution is 2.21. The van der Waals surface area contributed by atoms with Crippen molar-refractivity contribution in [1.29, 1.82) is 0 Å². The van der Waals surface area contributed by atoms with Crippen molar-refractivity contribution in [2.45, 2.75) is 4.90 Å². The second-order valence-electron chi connectivity index (χ2n) is 3.25. The number of hydrogen-bond acceptors (Lipinski definition) is 3. The van der Waals surface area contributed by atoms with Gasteiger partial charge in [0.2, 0.25) is 5.91 Å². The lowest BCUT2D eigenvalue weighted by Crippen LogP contribution is -2.13. The standard InChI is InChI=1S/C11H10FN3OS/c12-9-3-1-2-4-10(9)17-7-11(16)15-8-5-13-14-6-8/h1-6H,7H2,(H,13,14)(H,15,16). The summed E-state index contributed by atoms with van der Waals surface area (Å²) in [5.74, 6) is -0.347. The van der Waals surface area contributed by atoms with E-state index in [-0.39, 0.29) is 17.5 Å². The summed E-state index contributed by atoms with van der Waals surface area (Å²) in [5.41, 5.74) is 0.601. The molecule has 0 aliphatic heterocycles. The number of aromatic nitrogens is 2. The fraction of sp³-hybridized carbons (Fsp3) is 0.0909. The minimum Gasteiger partial charge on any atom is -0.323 e. The zero-order valence-electron chi connectivity index (χ0n) is 8.81. The van der Waals surface area contributed by atoms with Crippen LogP contribution in [0.3, 0.4) is 0 Å². The first-order chi connectivity index (χ1) is 8.25. The van der Waals surface area contributed by atoms with Crippen LogP contribution in [-0.4, -0.2) is 21.9 Å². The fourth-order valence-corrected chi connectivity index (χ4v) is 1.96. The molecule has 17 heavy (non-hydrogen) atoms. The summed E-state index contributed by atoms with van der Waals surface area (Å²) in [4.78, 5) is 12.0. The number of carbonyl (C=O) groups is 1. The van der Waals surface area contributed by atoms with Gasteiger partial charge in [0.05, 0.1) is 17.6 Å². The molecule has 0 bridgehead atoms. The molecule has 2 rings (SSSR count). The van der Waals surface area contributed by atoms with Gasteiger partial charge < -0.3 is 5.32 Å². The lowest BCUT2D eigenvalue weighted by Gasteiger charge is -2.03. The highest BCUT2D eigenvalue weighted by atomic mass is 32.2. The maximum atomic E-state index is 13.2. The van der Waals surface area contributed by atoms with Gasteiger partial charge in [-0.1, -0.05) is 12.1 Å². The van der Waals surface area contributed by atoms with E-state index in [1.807, 2.05) is 0 Å². The molecule has 0 aliphatic carbocycles. The zero-order chi connectivity index (χ0) is 12.1. The van der Waals surface area contributed by atoms with E-state index >= 15 is 0 Å². The number of rotatable bonds is 4. The first-order valence-electron chi connectivity index (χ1n) is 4.91. The molecule has 4 nitrogen and oxygen atoms in total. The quantitative estimate of drug-likeness (QED) is 0.820. The number of anilines is 1. The zero-order valence-corrected chi connectivity index (χ0v) is 9.63. The number of benzene rings is 1. The molecule has 6 heteroatoms. The SMILES string of the molecule is O=C(CSc1ccccc1F)Nc1cn[nH]c1. The Morgan fingerprint density at radius 3 is 3.00 bits per heavy atom. The molecule has 0 aliphatic rings. The van der Waals surface area contributed by atoms with E-state index < -0.39 is 0 Å². The van der Waals surface area contributed by atoms with Gasteiger partial charge in [0.25, 0.3) is 0 Å². The van der Waals surface area contributed by atoms with Crippen molar-refractivity contribution in [3.63, 3.8) is 0 Å². The van der Waals surface area contributed by atoms with Crippen molar-refractivity contribution in [3.05, 3.63) is 42.5 Å². The van der Waals surface area contributed by atoms with Crippen LogP contribution in [0.25, 0.3) is 0 Å². The summed E-state index contributed by atoms with van der Waals surface area (Å²) in [5, 5.41) is 8.92. The Bertz CT molecular complexity index is 501. The van der Waals surface area contributed by atoms with E-state index in [4.69, 9.17) is 0 Å². The Kier molecular flexibility index (Phi) is 3.77. The average Bonchev–Trinajstić information content (AvgIpc) is 2.81. The van der Waals surface area contributed by atoms with E-state index in [2.05, 4.69) is 15.5 Å². The molecular formula is C11H10FN3OS. The molecule has 88 valence electrons. The van der Waals surface area contributed by atoms with Crippen molar-refractivity contribution in [1.82, 2.24) is 10.2 Å². The van der Waals surface area contributed by atoms with Crippen LogP contribution in [0.15, 0.2) is 41.6 Å². The van der Waals surface area contributed by atoms with Crippen molar-refractivity contribution in [3.8, 4) is 0 Å². The van der Waals surface area contributed by atoms with Gasteiger partial charge in [-0.05, 0) is 12.1 Å². The highest BCUT2D eigenvalue weighted by molar-refractivity contribution is 8.00. The topological polar surface area (TPSA) is 57.8 Å². The maximum Gasteiger partial charge on any atom is 0.234 e. The molecule has 1 aromatic carbocycles. The van der Waals surface area contributed by atoms with Crippen LogP contribution in [0.4, 0.5) is 10.1 Å². The van der Waals surface area contributed by atoms with E-state index in [0.717, 1.165) is 11.8 Å². The van der Waals surface area contributed by atoms with Crippen molar-refractivity contribution >= 4 is 23.4 Å². The van der Waals surface area contributed by atoms with Gasteiger partial charge >= 0.3 is 0 Å². The van der Waals surface area contributed by atoms with E-state index in [1.54, 1.807) is 24.4 Å². The molecule has 0 spiro atoms. The number of nitrogens with zero attached hydrogens (tertiary/aromatic N) is 1. The summed E-state index contributed by atoms with van der Waals surface area (Å²) < 4.78 is 13.2. The second-order valence-corrected chi connectivity index (χ2v) is 4.27. The first kappa shape index (κ1) is 11.7. The number of nitrogens with one attached hydrogen (secondary N) is 2. The Labute approximate surface area is 102 Å². The predicted molar refractivity (Wildman–Crippen MR) is 64.3 cm³/mol. The molecule has 0 unspecified atom stereocenters. The first-order valence-corrected chi connectivity index (χ1v) is 5.90. The van der Waals surface area contributed by atoms with Crippen molar-refractivity contribution in [2.75, 3.05) is 11.1 Å². The van der Waals surface area contributed by atoms with Crippen LogP contribution in [-0.2, 0) is 4.79 Å². The Morgan fingerprint density at radius 1 is 1.47 bits per heavy atom. The summed E-state index contributed by atoms with van der Waals surface area (Å²) >= 11 is 1.16. The molecule has 2 aromatic rings. The van der Waals surface area contributed by atoms with Gasteiger partial charge in [-0.25, -0.2) is 4.39 Å². The van der Waals surface area contributed by atoms with Gasteiger partial charge in [0.15, 0.2) is 0 Å². The third-order valence-corrected chi connectivity index (χ3v) is 3.03. The van der Waals surface area contributed by atoms with Crippen LogP contribution < -0.4 is 5.32 Å². The number of halogens is 1. The molecule has 2 N–H and O–H groups in total. The molecule has 0 radical (unpaired) electrons. The number of amides is 1. The normalized spacial score (nSPS) is 10.2. The predicted octanol–water partition coefficient (Wildman–Crippen LogP) is 2.28. The fourth-order valence-electron chi connectivity index (χ4n) is 1.22. The minimum atomic E-state index is -0.311. The van der Waals surface area contributed by atoms with Gasteiger partial charge in [-0.2, -0.15) is 5.10 Å². The molecule has 0 fully saturated rings. The van der Waals surface area contributed by atoms with Gasteiger partial charge in [0, 0.05) is 11.1 Å². The second kappa shape index (κ2) is 5.49. The molecule has 1 aromatic heterocycles. The molecular weight excluding hydrogens is 241 g/mol. The van der Waals surface area contributed by atoms with Gasteiger partial charge in [-0.15, -0.1) is 11.8 Å². The van der Waals surface area contributed by atoms with Gasteiger partial charge in [0.1, 0.15) is 5.82 Å². The lowest BCUT2D eigenvalue weighted by atomic mass is 10.3. The molecule has 1 amide bonds. The van der Waals surface area contributed by atoms with Gasteiger partial charge in [-0.3, -0.25) is 9.89 Å². The largest absolute Gasteiger partial charge is 0.323 e. The summed E-state index contributed by atoms with van der Waals surface area (Å²) in [6.07, 6.45) is 3.08. The van der Waals surface area contributed by atoms with Crippen molar-refractivity contribution in [2.24, 2.45) is 0 Å². The summed E-state index contributed by atoms with van der Waals surface area (Å²) in [6.45, 7) is 0. The Morgan fingerprint density at radius 2 is 2.29 bits per heavy atom. The molecule has 0 saturated heterocycles.